The fraction of sp³-hybridized carbons (Fsp3) is 0.429. The van der Waals surface area contributed by atoms with E-state index in [9.17, 15) is 0 Å². The lowest BCUT2D eigenvalue weighted by molar-refractivity contribution is 0.324. The molecule has 0 saturated carbocycles. The number of aryl methyl sites for hydroxylation is 3. The molecule has 126 valence electrons. The molecule has 23 heavy (non-hydrogen) atoms. The lowest BCUT2D eigenvalue weighted by Gasteiger charge is -2.24. The Morgan fingerprint density at radius 2 is 1.52 bits per heavy atom. The highest BCUT2D eigenvalue weighted by atomic mass is 16.5. The summed E-state index contributed by atoms with van der Waals surface area (Å²) in [5.74, 6) is 0.941. The highest BCUT2D eigenvalue weighted by molar-refractivity contribution is 5.50. The summed E-state index contributed by atoms with van der Waals surface area (Å²) in [5.41, 5.74) is 5.21. The lowest BCUT2D eigenvalue weighted by atomic mass is 10.1. The van der Waals surface area contributed by atoms with Gasteiger partial charge in [-0.1, -0.05) is 37.6 Å². The molecule has 0 atom stereocenters. The maximum Gasteiger partial charge on any atom is 0.119 e. The van der Waals surface area contributed by atoms with Crippen LogP contribution < -0.4 is 9.64 Å². The van der Waals surface area contributed by atoms with Crippen molar-refractivity contribution in [2.45, 2.75) is 41.5 Å². The van der Waals surface area contributed by atoms with Gasteiger partial charge in [0.15, 0.2) is 0 Å². The standard InChI is InChI=1S/C19H25NO.C2H6/c1-5-20(18-9-8-16(3)17(4)14-18)12-13-21-19-10-6-15(2)7-11-19;1-2/h6-11,14H,5,12-13H2,1-4H3;1-2H3. The molecule has 2 rings (SSSR count). The normalized spacial score (nSPS) is 9.83. The van der Waals surface area contributed by atoms with Gasteiger partial charge in [-0.15, -0.1) is 0 Å². The first kappa shape index (κ1) is 19.1. The summed E-state index contributed by atoms with van der Waals surface area (Å²) in [7, 11) is 0. The lowest BCUT2D eigenvalue weighted by Crippen LogP contribution is -2.28. The molecule has 0 spiro atoms. The van der Waals surface area contributed by atoms with Crippen LogP contribution in [0.4, 0.5) is 5.69 Å². The molecule has 2 aromatic rings. The van der Waals surface area contributed by atoms with Crippen LogP contribution in [0.5, 0.6) is 5.75 Å². The molecule has 0 saturated heterocycles. The van der Waals surface area contributed by atoms with Gasteiger partial charge in [-0.25, -0.2) is 0 Å². The Balaban J connectivity index is 0.00000127. The minimum absolute atomic E-state index is 0.698. The first-order valence-corrected chi connectivity index (χ1v) is 8.62. The Labute approximate surface area is 142 Å². The molecule has 0 aliphatic carbocycles. The Morgan fingerprint density at radius 3 is 2.09 bits per heavy atom. The molecule has 0 heterocycles. The highest BCUT2D eigenvalue weighted by Crippen LogP contribution is 2.19. The van der Waals surface area contributed by atoms with E-state index in [1.165, 1.54) is 22.4 Å². The van der Waals surface area contributed by atoms with Gasteiger partial charge in [-0.2, -0.15) is 0 Å². The summed E-state index contributed by atoms with van der Waals surface area (Å²) >= 11 is 0. The van der Waals surface area contributed by atoms with E-state index in [0.717, 1.165) is 18.8 Å². The van der Waals surface area contributed by atoms with Crippen molar-refractivity contribution >= 4 is 5.69 Å². The number of likely N-dealkylation sites (N-methyl/N-ethyl adjacent to an activating group) is 1. The highest BCUT2D eigenvalue weighted by Gasteiger charge is 2.05. The number of hydrogen-bond acceptors (Lipinski definition) is 2. The number of rotatable bonds is 6. The van der Waals surface area contributed by atoms with Gasteiger partial charge >= 0.3 is 0 Å². The van der Waals surface area contributed by atoms with Gasteiger partial charge < -0.3 is 9.64 Å². The number of benzene rings is 2. The van der Waals surface area contributed by atoms with Gasteiger partial charge in [-0.05, 0) is 63.1 Å². The second-order valence-electron chi connectivity index (χ2n) is 5.51. The van der Waals surface area contributed by atoms with Gasteiger partial charge in [-0.3, -0.25) is 0 Å². The topological polar surface area (TPSA) is 12.5 Å². The fourth-order valence-electron chi connectivity index (χ4n) is 2.30. The average Bonchev–Trinajstić information content (AvgIpc) is 2.58. The summed E-state index contributed by atoms with van der Waals surface area (Å²) in [5, 5.41) is 0. The number of ether oxygens (including phenoxy) is 1. The summed E-state index contributed by atoms with van der Waals surface area (Å²) in [6.07, 6.45) is 0. The molecule has 0 fully saturated rings. The molecule has 0 N–H and O–H groups in total. The van der Waals surface area contributed by atoms with E-state index >= 15 is 0 Å². The smallest absolute Gasteiger partial charge is 0.119 e. The summed E-state index contributed by atoms with van der Waals surface area (Å²) in [6.45, 7) is 15.2. The molecule has 2 nitrogen and oxygen atoms in total. The second-order valence-corrected chi connectivity index (χ2v) is 5.51. The molecule has 0 aliphatic heterocycles. The predicted molar refractivity (Wildman–Crippen MR) is 102 cm³/mol. The van der Waals surface area contributed by atoms with Gasteiger partial charge in [0.05, 0.1) is 6.54 Å². The van der Waals surface area contributed by atoms with Crippen molar-refractivity contribution in [3.63, 3.8) is 0 Å². The molecule has 2 heteroatoms. The van der Waals surface area contributed by atoms with Crippen LogP contribution in [-0.2, 0) is 0 Å². The third-order valence-corrected chi connectivity index (χ3v) is 3.89. The van der Waals surface area contributed by atoms with Crippen molar-refractivity contribution in [2.24, 2.45) is 0 Å². The van der Waals surface area contributed by atoms with Crippen LogP contribution in [0.25, 0.3) is 0 Å². The van der Waals surface area contributed by atoms with Crippen molar-refractivity contribution in [3.8, 4) is 5.75 Å². The minimum atomic E-state index is 0.698. The maximum atomic E-state index is 5.83. The van der Waals surface area contributed by atoms with Crippen LogP contribution in [0.3, 0.4) is 0 Å². The molecular formula is C21H31NO. The first-order valence-electron chi connectivity index (χ1n) is 8.62. The fourth-order valence-corrected chi connectivity index (χ4v) is 2.30. The van der Waals surface area contributed by atoms with Gasteiger partial charge in [0.1, 0.15) is 12.4 Å². The van der Waals surface area contributed by atoms with Crippen LogP contribution in [0.2, 0.25) is 0 Å². The van der Waals surface area contributed by atoms with E-state index < -0.39 is 0 Å². The Kier molecular flexibility index (Phi) is 8.25. The van der Waals surface area contributed by atoms with Crippen LogP contribution in [-0.4, -0.2) is 19.7 Å². The Bertz CT molecular complexity index is 575. The maximum absolute atomic E-state index is 5.83. The summed E-state index contributed by atoms with van der Waals surface area (Å²) < 4.78 is 5.83. The largest absolute Gasteiger partial charge is 0.492 e. The van der Waals surface area contributed by atoms with Gasteiger partial charge in [0.25, 0.3) is 0 Å². The third-order valence-electron chi connectivity index (χ3n) is 3.89. The van der Waals surface area contributed by atoms with Crippen LogP contribution in [0.1, 0.15) is 37.5 Å². The van der Waals surface area contributed by atoms with Crippen molar-refractivity contribution in [1.82, 2.24) is 0 Å². The summed E-state index contributed by atoms with van der Waals surface area (Å²) in [4.78, 5) is 2.35. The minimum Gasteiger partial charge on any atom is -0.492 e. The Morgan fingerprint density at radius 1 is 0.870 bits per heavy atom. The molecule has 0 unspecified atom stereocenters. The quantitative estimate of drug-likeness (QED) is 0.694. The van der Waals surface area contributed by atoms with Crippen molar-refractivity contribution in [1.29, 1.82) is 0 Å². The monoisotopic (exact) mass is 313 g/mol. The number of anilines is 1. The zero-order chi connectivity index (χ0) is 17.2. The van der Waals surface area contributed by atoms with Crippen LogP contribution in [0.15, 0.2) is 42.5 Å². The van der Waals surface area contributed by atoms with E-state index in [0.29, 0.717) is 6.61 Å². The van der Waals surface area contributed by atoms with Crippen LogP contribution >= 0.6 is 0 Å². The Hall–Kier alpha value is -1.96. The molecule has 2 aromatic carbocycles. The van der Waals surface area contributed by atoms with Crippen molar-refractivity contribution in [3.05, 3.63) is 59.2 Å². The van der Waals surface area contributed by atoms with Gasteiger partial charge in [0.2, 0.25) is 0 Å². The molecule has 0 amide bonds. The zero-order valence-corrected chi connectivity index (χ0v) is 15.5. The molecule has 0 radical (unpaired) electrons. The zero-order valence-electron chi connectivity index (χ0n) is 15.5. The predicted octanol–water partition coefficient (Wildman–Crippen LogP) is 5.54. The van der Waals surface area contributed by atoms with Crippen molar-refractivity contribution < 1.29 is 4.74 Å². The van der Waals surface area contributed by atoms with E-state index in [4.69, 9.17) is 4.74 Å². The average molecular weight is 313 g/mol. The third kappa shape index (κ3) is 5.97. The van der Waals surface area contributed by atoms with E-state index in [1.54, 1.807) is 0 Å². The van der Waals surface area contributed by atoms with E-state index in [1.807, 2.05) is 26.0 Å². The van der Waals surface area contributed by atoms with Crippen LogP contribution in [0, 0.1) is 20.8 Å². The molecule has 0 bridgehead atoms. The first-order chi connectivity index (χ1) is 11.1. The molecule has 0 aromatic heterocycles. The number of hydrogen-bond donors (Lipinski definition) is 0. The number of nitrogens with zero attached hydrogens (tertiary/aromatic N) is 1. The molecule has 0 aliphatic rings. The summed E-state index contributed by atoms with van der Waals surface area (Å²) in [6, 6.07) is 14.9. The molecular weight excluding hydrogens is 282 g/mol. The second kappa shape index (κ2) is 9.94. The SMILES string of the molecule is CC.CCN(CCOc1ccc(C)cc1)c1ccc(C)c(C)c1. The van der Waals surface area contributed by atoms with E-state index in [-0.39, 0.29) is 0 Å². The van der Waals surface area contributed by atoms with Gasteiger partial charge in [0, 0.05) is 12.2 Å². The van der Waals surface area contributed by atoms with Crippen molar-refractivity contribution in [2.75, 3.05) is 24.6 Å². The van der Waals surface area contributed by atoms with E-state index in [2.05, 4.69) is 62.9 Å².